The summed E-state index contributed by atoms with van der Waals surface area (Å²) in [6, 6.07) is 4.31. The lowest BCUT2D eigenvalue weighted by atomic mass is 10.2. The van der Waals surface area contributed by atoms with Gasteiger partial charge >= 0.3 is 0 Å². The minimum absolute atomic E-state index is 0.0651. The van der Waals surface area contributed by atoms with Crippen molar-refractivity contribution in [2.75, 3.05) is 31.3 Å². The van der Waals surface area contributed by atoms with Gasteiger partial charge in [-0.15, -0.1) is 0 Å². The molecule has 0 saturated heterocycles. The third-order valence-electron chi connectivity index (χ3n) is 4.39. The molecular formula is C19H19F3N4O5. The van der Waals surface area contributed by atoms with Crippen LogP contribution in [0.3, 0.4) is 0 Å². The van der Waals surface area contributed by atoms with Gasteiger partial charge < -0.3 is 15.4 Å². The van der Waals surface area contributed by atoms with Crippen LogP contribution in [0.25, 0.3) is 0 Å². The third kappa shape index (κ3) is 5.69. The number of hydrogen-bond donors (Lipinski definition) is 2. The second-order valence-electron chi connectivity index (χ2n) is 6.49. The summed E-state index contributed by atoms with van der Waals surface area (Å²) in [6.07, 6.45) is 0. The van der Waals surface area contributed by atoms with E-state index in [1.54, 1.807) is 0 Å². The quantitative estimate of drug-likeness (QED) is 0.371. The van der Waals surface area contributed by atoms with Gasteiger partial charge in [0.15, 0.2) is 17.5 Å². The molecule has 0 saturated carbocycles. The average Bonchev–Trinajstić information content (AvgIpc) is 2.73. The van der Waals surface area contributed by atoms with Crippen molar-refractivity contribution in [2.45, 2.75) is 13.0 Å². The van der Waals surface area contributed by atoms with E-state index in [1.807, 2.05) is 0 Å². The normalized spacial score (nSPS) is 11.7. The Kier molecular flexibility index (Phi) is 7.53. The Morgan fingerprint density at radius 3 is 2.42 bits per heavy atom. The summed E-state index contributed by atoms with van der Waals surface area (Å²) < 4.78 is 45.0. The molecule has 0 bridgehead atoms. The number of nitro benzene ring substituents is 1. The summed E-state index contributed by atoms with van der Waals surface area (Å²) in [4.78, 5) is 36.2. The molecule has 1 atom stereocenters. The van der Waals surface area contributed by atoms with Gasteiger partial charge in [-0.1, -0.05) is 0 Å². The molecule has 2 N–H and O–H groups in total. The molecule has 0 radical (unpaired) electrons. The largest absolute Gasteiger partial charge is 0.495 e. The van der Waals surface area contributed by atoms with Crippen molar-refractivity contribution < 1.29 is 32.4 Å². The molecule has 1 unspecified atom stereocenters. The Hall–Kier alpha value is -3.67. The predicted molar refractivity (Wildman–Crippen MR) is 105 cm³/mol. The number of anilines is 2. The molecule has 12 heteroatoms. The van der Waals surface area contributed by atoms with Crippen molar-refractivity contribution in [3.63, 3.8) is 0 Å². The van der Waals surface area contributed by atoms with E-state index in [9.17, 15) is 32.9 Å². The van der Waals surface area contributed by atoms with Crippen molar-refractivity contribution in [1.29, 1.82) is 0 Å². The number of rotatable bonds is 8. The van der Waals surface area contributed by atoms with E-state index in [4.69, 9.17) is 4.74 Å². The van der Waals surface area contributed by atoms with Crippen LogP contribution in [-0.2, 0) is 9.59 Å². The van der Waals surface area contributed by atoms with E-state index in [0.29, 0.717) is 6.07 Å². The Bertz CT molecular complexity index is 1020. The highest BCUT2D eigenvalue weighted by atomic mass is 19.2. The summed E-state index contributed by atoms with van der Waals surface area (Å²) in [7, 11) is 2.75. The number of carbonyl (C=O) groups is 2. The zero-order valence-corrected chi connectivity index (χ0v) is 16.7. The van der Waals surface area contributed by atoms with Crippen LogP contribution in [0.5, 0.6) is 5.75 Å². The van der Waals surface area contributed by atoms with Crippen LogP contribution < -0.4 is 15.4 Å². The molecule has 0 aliphatic carbocycles. The fraction of sp³-hybridized carbons (Fsp3) is 0.263. The van der Waals surface area contributed by atoms with Gasteiger partial charge in [-0.25, -0.2) is 13.2 Å². The van der Waals surface area contributed by atoms with Crippen LogP contribution in [0.4, 0.5) is 30.2 Å². The second kappa shape index (κ2) is 9.89. The third-order valence-corrected chi connectivity index (χ3v) is 4.39. The lowest BCUT2D eigenvalue weighted by Gasteiger charge is -2.23. The number of methoxy groups -OCH3 is 1. The molecule has 2 aromatic carbocycles. The maximum absolute atomic E-state index is 13.7. The zero-order chi connectivity index (χ0) is 23.3. The summed E-state index contributed by atoms with van der Waals surface area (Å²) >= 11 is 0. The molecule has 0 aliphatic heterocycles. The molecule has 2 amide bonds. The van der Waals surface area contributed by atoms with Gasteiger partial charge in [-0.05, 0) is 32.2 Å². The molecular weight excluding hydrogens is 421 g/mol. The van der Waals surface area contributed by atoms with Crippen LogP contribution in [0.2, 0.25) is 0 Å². The number of non-ortho nitro benzene ring substituents is 1. The number of nitrogens with zero attached hydrogens (tertiary/aromatic N) is 2. The van der Waals surface area contributed by atoms with E-state index in [0.717, 1.165) is 12.1 Å². The number of nitro groups is 1. The Morgan fingerprint density at radius 2 is 1.81 bits per heavy atom. The van der Waals surface area contributed by atoms with E-state index in [1.165, 1.54) is 38.1 Å². The lowest BCUT2D eigenvalue weighted by molar-refractivity contribution is -0.384. The average molecular weight is 440 g/mol. The van der Waals surface area contributed by atoms with Crippen LogP contribution >= 0.6 is 0 Å². The molecule has 0 heterocycles. The Morgan fingerprint density at radius 1 is 1.13 bits per heavy atom. The number of likely N-dealkylation sites (N-methyl/N-ethyl adjacent to an activating group) is 1. The van der Waals surface area contributed by atoms with Gasteiger partial charge in [0.05, 0.1) is 36.0 Å². The SMILES string of the molecule is COc1ccc([N+](=O)[O-])cc1NC(=O)C(C)N(C)CC(=O)Nc1ccc(F)c(F)c1F. The van der Waals surface area contributed by atoms with Gasteiger partial charge in [-0.3, -0.25) is 24.6 Å². The Labute approximate surface area is 174 Å². The molecule has 9 nitrogen and oxygen atoms in total. The molecule has 2 aromatic rings. The molecule has 0 aliphatic rings. The van der Waals surface area contributed by atoms with Crippen LogP contribution in [0, 0.1) is 27.6 Å². The first-order valence-electron chi connectivity index (χ1n) is 8.82. The highest BCUT2D eigenvalue weighted by Gasteiger charge is 2.23. The summed E-state index contributed by atoms with van der Waals surface area (Å²) in [5, 5.41) is 15.5. The summed E-state index contributed by atoms with van der Waals surface area (Å²) in [5.41, 5.74) is -0.740. The number of hydrogen-bond acceptors (Lipinski definition) is 6. The molecule has 31 heavy (non-hydrogen) atoms. The Balaban J connectivity index is 2.04. The molecule has 2 rings (SSSR count). The van der Waals surface area contributed by atoms with Crippen molar-refractivity contribution in [2.24, 2.45) is 0 Å². The number of carbonyl (C=O) groups excluding carboxylic acids is 2. The fourth-order valence-corrected chi connectivity index (χ4v) is 2.52. The monoisotopic (exact) mass is 440 g/mol. The van der Waals surface area contributed by atoms with Crippen LogP contribution in [0.1, 0.15) is 6.92 Å². The minimum atomic E-state index is -1.72. The fourth-order valence-electron chi connectivity index (χ4n) is 2.52. The maximum atomic E-state index is 13.7. The number of halogens is 3. The van der Waals surface area contributed by atoms with Crippen LogP contribution in [-0.4, -0.2) is 48.4 Å². The van der Waals surface area contributed by atoms with E-state index in [2.05, 4.69) is 10.6 Å². The molecule has 0 aromatic heterocycles. The first-order chi connectivity index (χ1) is 14.5. The highest BCUT2D eigenvalue weighted by Crippen LogP contribution is 2.29. The minimum Gasteiger partial charge on any atom is -0.495 e. The van der Waals surface area contributed by atoms with Gasteiger partial charge in [0.2, 0.25) is 11.8 Å². The first-order valence-corrected chi connectivity index (χ1v) is 8.82. The molecule has 0 spiro atoms. The standard InChI is InChI=1S/C19H19F3N4O5/c1-10(19(28)24-14-8-11(26(29)30)4-7-15(14)31-3)25(2)9-16(27)23-13-6-5-12(20)17(21)18(13)22/h4-8,10H,9H2,1-3H3,(H,23,27)(H,24,28). The number of benzene rings is 2. The van der Waals surface area contributed by atoms with Crippen molar-refractivity contribution in [3.8, 4) is 5.75 Å². The lowest BCUT2D eigenvalue weighted by Crippen LogP contribution is -2.43. The van der Waals surface area contributed by atoms with Crippen molar-refractivity contribution in [3.05, 3.63) is 57.9 Å². The summed E-state index contributed by atoms with van der Waals surface area (Å²) in [6.45, 7) is 1.07. The van der Waals surface area contributed by atoms with E-state index < -0.39 is 45.9 Å². The van der Waals surface area contributed by atoms with Gasteiger partial charge in [-0.2, -0.15) is 0 Å². The number of ether oxygens (including phenoxy) is 1. The van der Waals surface area contributed by atoms with Crippen molar-refractivity contribution >= 4 is 28.9 Å². The second-order valence-corrected chi connectivity index (χ2v) is 6.49. The van der Waals surface area contributed by atoms with Crippen molar-refractivity contribution in [1.82, 2.24) is 4.90 Å². The van der Waals surface area contributed by atoms with Crippen LogP contribution in [0.15, 0.2) is 30.3 Å². The molecule has 0 fully saturated rings. The predicted octanol–water partition coefficient (Wildman–Crippen LogP) is 2.92. The smallest absolute Gasteiger partial charge is 0.271 e. The first kappa shape index (κ1) is 23.6. The maximum Gasteiger partial charge on any atom is 0.271 e. The zero-order valence-electron chi connectivity index (χ0n) is 16.7. The highest BCUT2D eigenvalue weighted by molar-refractivity contribution is 5.97. The number of amides is 2. The topological polar surface area (TPSA) is 114 Å². The van der Waals surface area contributed by atoms with Gasteiger partial charge in [0.1, 0.15) is 5.75 Å². The van der Waals surface area contributed by atoms with Gasteiger partial charge in [0.25, 0.3) is 5.69 Å². The van der Waals surface area contributed by atoms with Gasteiger partial charge in [0, 0.05) is 12.1 Å². The van der Waals surface area contributed by atoms with E-state index in [-0.39, 0.29) is 23.7 Å². The summed E-state index contributed by atoms with van der Waals surface area (Å²) in [5.74, 6) is -5.84. The number of nitrogens with one attached hydrogen (secondary N) is 2. The molecule has 166 valence electrons. The van der Waals surface area contributed by atoms with E-state index >= 15 is 0 Å².